The van der Waals surface area contributed by atoms with Crippen LogP contribution in [0.3, 0.4) is 0 Å². The Kier molecular flexibility index (Phi) is 5.87. The molecule has 0 N–H and O–H groups in total. The van der Waals surface area contributed by atoms with Crippen LogP contribution in [0.4, 0.5) is 17.1 Å². The molecule has 0 unspecified atom stereocenters. The molecule has 0 bridgehead atoms. The van der Waals surface area contributed by atoms with Crippen molar-refractivity contribution in [2.24, 2.45) is 0 Å². The summed E-state index contributed by atoms with van der Waals surface area (Å²) in [7, 11) is 0. The summed E-state index contributed by atoms with van der Waals surface area (Å²) in [6.07, 6.45) is 0. The van der Waals surface area contributed by atoms with Crippen molar-refractivity contribution >= 4 is 82.2 Å². The first kappa shape index (κ1) is 26.7. The molecule has 0 saturated carbocycles. The lowest BCUT2D eigenvalue weighted by Gasteiger charge is -2.28. The van der Waals surface area contributed by atoms with Gasteiger partial charge >= 0.3 is 0 Å². The van der Waals surface area contributed by atoms with Crippen molar-refractivity contribution in [3.63, 3.8) is 0 Å². The van der Waals surface area contributed by atoms with E-state index in [4.69, 9.17) is 9.40 Å². The minimum atomic E-state index is 0.897. The Labute approximate surface area is 276 Å². The zero-order valence-electron chi connectivity index (χ0n) is 26.0. The maximum atomic E-state index is 6.55. The van der Waals surface area contributed by atoms with Crippen molar-refractivity contribution in [3.8, 4) is 11.3 Å². The SMILES string of the molecule is c1ccc2c(N(c3ccc(-c4nc5ccccc5c5c4ccc4c6ccccc6oc45)cc3)c3cccc4ccccc34)cccc2c1. The van der Waals surface area contributed by atoms with Crippen LogP contribution in [0.25, 0.3) is 76.4 Å². The summed E-state index contributed by atoms with van der Waals surface area (Å²) >= 11 is 0. The van der Waals surface area contributed by atoms with Crippen LogP contribution in [-0.4, -0.2) is 4.98 Å². The van der Waals surface area contributed by atoms with E-state index in [-0.39, 0.29) is 0 Å². The largest absolute Gasteiger partial charge is 0.455 e. The van der Waals surface area contributed by atoms with E-state index in [1.807, 2.05) is 12.1 Å². The van der Waals surface area contributed by atoms with E-state index in [1.54, 1.807) is 0 Å². The maximum Gasteiger partial charge on any atom is 0.144 e. The molecular formula is C45H28N2O. The van der Waals surface area contributed by atoms with E-state index in [2.05, 4.69) is 163 Å². The van der Waals surface area contributed by atoms with Crippen molar-refractivity contribution < 1.29 is 4.42 Å². The molecule has 0 aliphatic rings. The molecule has 2 heterocycles. The zero-order valence-corrected chi connectivity index (χ0v) is 26.0. The Bertz CT molecular complexity index is 2760. The van der Waals surface area contributed by atoms with Crippen LogP contribution in [0, 0.1) is 0 Å². The van der Waals surface area contributed by atoms with Gasteiger partial charge in [0.1, 0.15) is 11.2 Å². The molecule has 0 aliphatic heterocycles. The van der Waals surface area contributed by atoms with Gasteiger partial charge in [0.05, 0.1) is 22.6 Å². The standard InChI is InChI=1S/C45H28N2O/c1-3-15-33-29(11-1)13-9-20-40(33)47(41-21-10-14-30-12-2-4-16-34(30)41)32-25-23-31(24-26-32)44-38-28-27-36-35-17-6-8-22-42(35)48-45(36)43(38)37-18-5-7-19-39(37)46-44/h1-28H. The third kappa shape index (κ3) is 4.04. The van der Waals surface area contributed by atoms with Gasteiger partial charge in [-0.15, -0.1) is 0 Å². The van der Waals surface area contributed by atoms with Crippen molar-refractivity contribution in [1.82, 2.24) is 4.98 Å². The highest BCUT2D eigenvalue weighted by Gasteiger charge is 2.20. The normalized spacial score (nSPS) is 11.8. The van der Waals surface area contributed by atoms with E-state index in [0.29, 0.717) is 0 Å². The van der Waals surface area contributed by atoms with E-state index < -0.39 is 0 Å². The maximum absolute atomic E-state index is 6.55. The fourth-order valence-electron chi connectivity index (χ4n) is 7.42. The number of nitrogens with zero attached hydrogens (tertiary/aromatic N) is 2. The predicted octanol–water partition coefficient (Wildman–Crippen LogP) is 12.7. The van der Waals surface area contributed by atoms with Crippen LogP contribution in [0.1, 0.15) is 0 Å². The van der Waals surface area contributed by atoms with Crippen molar-refractivity contribution in [2.45, 2.75) is 0 Å². The average molecular weight is 613 g/mol. The summed E-state index contributed by atoms with van der Waals surface area (Å²) in [4.78, 5) is 7.64. The zero-order chi connectivity index (χ0) is 31.6. The topological polar surface area (TPSA) is 29.3 Å². The van der Waals surface area contributed by atoms with Crippen LogP contribution in [0.15, 0.2) is 174 Å². The second-order valence-corrected chi connectivity index (χ2v) is 12.3. The first-order valence-electron chi connectivity index (χ1n) is 16.3. The fourth-order valence-corrected chi connectivity index (χ4v) is 7.42. The fraction of sp³-hybridized carbons (Fsp3) is 0. The molecule has 0 spiro atoms. The first-order valence-corrected chi connectivity index (χ1v) is 16.3. The van der Waals surface area contributed by atoms with Gasteiger partial charge in [0.2, 0.25) is 0 Å². The molecule has 0 atom stereocenters. The number of pyridine rings is 1. The number of para-hydroxylation sites is 2. The number of furan rings is 1. The highest BCUT2D eigenvalue weighted by atomic mass is 16.3. The minimum Gasteiger partial charge on any atom is -0.455 e. The Morgan fingerprint density at radius 2 is 0.979 bits per heavy atom. The van der Waals surface area contributed by atoms with Gasteiger partial charge in [-0.25, -0.2) is 4.98 Å². The Balaban J connectivity index is 1.20. The van der Waals surface area contributed by atoms with Crippen LogP contribution < -0.4 is 4.90 Å². The van der Waals surface area contributed by atoms with Gasteiger partial charge in [-0.05, 0) is 53.2 Å². The Hall–Kier alpha value is -6.45. The second kappa shape index (κ2) is 10.5. The quantitative estimate of drug-likeness (QED) is 0.185. The third-order valence-electron chi connectivity index (χ3n) is 9.62. The molecule has 10 rings (SSSR count). The molecular weight excluding hydrogens is 585 g/mol. The first-order chi connectivity index (χ1) is 23.8. The Morgan fingerprint density at radius 3 is 1.69 bits per heavy atom. The van der Waals surface area contributed by atoms with E-state index in [0.717, 1.165) is 71.9 Å². The van der Waals surface area contributed by atoms with Gasteiger partial charge in [-0.3, -0.25) is 0 Å². The van der Waals surface area contributed by atoms with Gasteiger partial charge < -0.3 is 9.32 Å². The average Bonchev–Trinajstić information content (AvgIpc) is 3.54. The van der Waals surface area contributed by atoms with Gasteiger partial charge in [-0.2, -0.15) is 0 Å². The number of hydrogen-bond acceptors (Lipinski definition) is 3. The number of aromatic nitrogens is 1. The van der Waals surface area contributed by atoms with Crippen LogP contribution in [-0.2, 0) is 0 Å². The molecule has 3 nitrogen and oxygen atoms in total. The van der Waals surface area contributed by atoms with Crippen molar-refractivity contribution in [2.75, 3.05) is 4.90 Å². The summed E-state index contributed by atoms with van der Waals surface area (Å²) < 4.78 is 6.55. The molecule has 224 valence electrons. The number of rotatable bonds is 4. The van der Waals surface area contributed by atoms with Crippen LogP contribution in [0.5, 0.6) is 0 Å². The summed E-state index contributed by atoms with van der Waals surface area (Å²) in [5, 5.41) is 10.3. The summed E-state index contributed by atoms with van der Waals surface area (Å²) in [6, 6.07) is 60.2. The lowest BCUT2D eigenvalue weighted by atomic mass is 9.97. The smallest absolute Gasteiger partial charge is 0.144 e. The molecule has 3 heteroatoms. The number of anilines is 3. The van der Waals surface area contributed by atoms with Gasteiger partial charge in [-0.1, -0.05) is 127 Å². The number of fused-ring (bicyclic) bond motifs is 9. The molecule has 0 aliphatic carbocycles. The van der Waals surface area contributed by atoms with Crippen molar-refractivity contribution in [1.29, 1.82) is 0 Å². The highest BCUT2D eigenvalue weighted by Crippen LogP contribution is 2.44. The summed E-state index contributed by atoms with van der Waals surface area (Å²) in [6.45, 7) is 0. The minimum absolute atomic E-state index is 0.897. The lowest BCUT2D eigenvalue weighted by Crippen LogP contribution is -2.11. The second-order valence-electron chi connectivity index (χ2n) is 12.3. The van der Waals surface area contributed by atoms with E-state index in [9.17, 15) is 0 Å². The predicted molar refractivity (Wildman–Crippen MR) is 202 cm³/mol. The lowest BCUT2D eigenvalue weighted by molar-refractivity contribution is 0.673. The van der Waals surface area contributed by atoms with Gasteiger partial charge in [0, 0.05) is 49.0 Å². The van der Waals surface area contributed by atoms with Crippen molar-refractivity contribution in [3.05, 3.63) is 170 Å². The third-order valence-corrected chi connectivity index (χ3v) is 9.62. The van der Waals surface area contributed by atoms with E-state index >= 15 is 0 Å². The van der Waals surface area contributed by atoms with Crippen LogP contribution >= 0.6 is 0 Å². The van der Waals surface area contributed by atoms with Crippen LogP contribution in [0.2, 0.25) is 0 Å². The van der Waals surface area contributed by atoms with Gasteiger partial charge in [0.15, 0.2) is 0 Å². The summed E-state index contributed by atoms with van der Waals surface area (Å²) in [5.41, 5.74) is 8.11. The molecule has 2 aromatic heterocycles. The molecule has 10 aromatic rings. The number of benzene rings is 8. The molecule has 8 aromatic carbocycles. The summed E-state index contributed by atoms with van der Waals surface area (Å²) in [5.74, 6) is 0. The molecule has 48 heavy (non-hydrogen) atoms. The molecule has 0 amide bonds. The van der Waals surface area contributed by atoms with Gasteiger partial charge in [0.25, 0.3) is 0 Å². The van der Waals surface area contributed by atoms with E-state index in [1.165, 1.54) is 21.5 Å². The molecule has 0 saturated heterocycles. The number of hydrogen-bond donors (Lipinski definition) is 0. The molecule has 0 fully saturated rings. The highest BCUT2D eigenvalue weighted by molar-refractivity contribution is 6.24. The Morgan fingerprint density at radius 1 is 0.417 bits per heavy atom. The molecule has 0 radical (unpaired) electrons. The monoisotopic (exact) mass is 612 g/mol.